The van der Waals surface area contributed by atoms with E-state index in [0.29, 0.717) is 13.0 Å². The van der Waals surface area contributed by atoms with Gasteiger partial charge in [0.1, 0.15) is 0 Å². The second-order valence-electron chi connectivity index (χ2n) is 5.18. The number of carbonyl (C=O) groups is 1. The van der Waals surface area contributed by atoms with Crippen molar-refractivity contribution in [3.8, 4) is 0 Å². The molecule has 1 aliphatic rings. The number of hydrogen-bond acceptors (Lipinski definition) is 5. The van der Waals surface area contributed by atoms with Crippen LogP contribution in [0.25, 0.3) is 5.65 Å². The number of rotatable bonds is 4. The zero-order valence-corrected chi connectivity index (χ0v) is 14.4. The topological polar surface area (TPSA) is 80.5 Å². The number of nitrogens with zero attached hydrogens (tertiary/aromatic N) is 3. The van der Waals surface area contributed by atoms with Crippen molar-refractivity contribution in [1.29, 1.82) is 0 Å². The average Bonchev–Trinajstić information content (AvgIpc) is 2.92. The molecule has 0 aromatic carbocycles. The molecular weight excluding hydrogens is 341 g/mol. The minimum atomic E-state index is -0.202. The largest absolute Gasteiger partial charge is 0.375 e. The van der Waals surface area contributed by atoms with Crippen LogP contribution in [0.15, 0.2) is 24.4 Å². The third-order valence-corrected chi connectivity index (χ3v) is 3.52. The van der Waals surface area contributed by atoms with Gasteiger partial charge >= 0.3 is 0 Å². The number of morpholine rings is 1. The summed E-state index contributed by atoms with van der Waals surface area (Å²) in [4.78, 5) is 12.1. The Morgan fingerprint density at radius 3 is 3.04 bits per heavy atom. The molecule has 1 amide bonds. The molecule has 0 spiro atoms. The van der Waals surface area contributed by atoms with E-state index in [1.54, 1.807) is 0 Å². The van der Waals surface area contributed by atoms with Crippen LogP contribution in [0.4, 0.5) is 0 Å². The summed E-state index contributed by atoms with van der Waals surface area (Å²) < 4.78 is 7.41. The number of hydrogen-bond donors (Lipinski definition) is 2. The van der Waals surface area contributed by atoms with Crippen LogP contribution < -0.4 is 10.6 Å². The van der Waals surface area contributed by atoms with Gasteiger partial charge in [-0.25, -0.2) is 0 Å². The van der Waals surface area contributed by atoms with Crippen molar-refractivity contribution in [3.63, 3.8) is 0 Å². The fourth-order valence-corrected chi connectivity index (χ4v) is 2.48. The molecule has 2 aromatic heterocycles. The van der Waals surface area contributed by atoms with Gasteiger partial charge in [0.05, 0.1) is 25.2 Å². The zero-order chi connectivity index (χ0) is 14.7. The van der Waals surface area contributed by atoms with Crippen molar-refractivity contribution >= 4 is 36.4 Å². The van der Waals surface area contributed by atoms with E-state index in [-0.39, 0.29) is 42.9 Å². The van der Waals surface area contributed by atoms with E-state index >= 15 is 0 Å². The molecular formula is C14H21Cl2N5O2. The van der Waals surface area contributed by atoms with Crippen LogP contribution in [-0.4, -0.2) is 46.3 Å². The van der Waals surface area contributed by atoms with E-state index in [2.05, 4.69) is 20.8 Å². The van der Waals surface area contributed by atoms with Crippen LogP contribution in [-0.2, 0) is 9.53 Å². The van der Waals surface area contributed by atoms with Gasteiger partial charge < -0.3 is 15.4 Å². The highest BCUT2D eigenvalue weighted by atomic mass is 35.5. The molecule has 23 heavy (non-hydrogen) atoms. The molecule has 1 fully saturated rings. The Morgan fingerprint density at radius 1 is 1.48 bits per heavy atom. The Balaban J connectivity index is 0.00000132. The van der Waals surface area contributed by atoms with E-state index in [4.69, 9.17) is 4.74 Å². The Morgan fingerprint density at radius 2 is 2.30 bits per heavy atom. The molecule has 0 radical (unpaired) electrons. The summed E-state index contributed by atoms with van der Waals surface area (Å²) in [5.74, 6) is 0.686. The quantitative estimate of drug-likeness (QED) is 0.852. The maximum Gasteiger partial charge on any atom is 0.223 e. The van der Waals surface area contributed by atoms with Gasteiger partial charge in [0.25, 0.3) is 0 Å². The summed E-state index contributed by atoms with van der Waals surface area (Å²) in [6.45, 7) is 4.12. The molecule has 2 unspecified atom stereocenters. The molecule has 0 saturated carbocycles. The Kier molecular flexibility index (Phi) is 7.70. The van der Waals surface area contributed by atoms with Crippen LogP contribution >= 0.6 is 24.8 Å². The lowest BCUT2D eigenvalue weighted by molar-refractivity contribution is -0.125. The molecule has 3 rings (SSSR count). The van der Waals surface area contributed by atoms with Crippen molar-refractivity contribution in [3.05, 3.63) is 30.2 Å². The molecule has 2 N–H and O–H groups in total. The first-order chi connectivity index (χ1) is 10.2. The maximum absolute atomic E-state index is 12.1. The summed E-state index contributed by atoms with van der Waals surface area (Å²) in [6, 6.07) is 5.50. The van der Waals surface area contributed by atoms with Gasteiger partial charge in [0, 0.05) is 19.3 Å². The first-order valence-corrected chi connectivity index (χ1v) is 7.15. The van der Waals surface area contributed by atoms with Gasteiger partial charge in [-0.3, -0.25) is 9.20 Å². The molecule has 1 saturated heterocycles. The minimum Gasteiger partial charge on any atom is -0.375 e. The summed E-state index contributed by atoms with van der Waals surface area (Å²) >= 11 is 0. The second kappa shape index (κ2) is 9.02. The van der Waals surface area contributed by atoms with Crippen molar-refractivity contribution in [1.82, 2.24) is 25.2 Å². The van der Waals surface area contributed by atoms with Crippen LogP contribution in [0.2, 0.25) is 0 Å². The molecule has 128 valence electrons. The summed E-state index contributed by atoms with van der Waals surface area (Å²) in [6.07, 6.45) is 2.19. The van der Waals surface area contributed by atoms with Crippen LogP contribution in [0.1, 0.15) is 25.2 Å². The highest BCUT2D eigenvalue weighted by Gasteiger charge is 2.20. The van der Waals surface area contributed by atoms with Gasteiger partial charge in [0.2, 0.25) is 5.91 Å². The van der Waals surface area contributed by atoms with Gasteiger partial charge in [-0.1, -0.05) is 6.07 Å². The van der Waals surface area contributed by atoms with E-state index in [1.165, 1.54) is 0 Å². The third kappa shape index (κ3) is 4.78. The van der Waals surface area contributed by atoms with Gasteiger partial charge in [-0.05, 0) is 19.1 Å². The number of pyridine rings is 1. The third-order valence-electron chi connectivity index (χ3n) is 3.52. The lowest BCUT2D eigenvalue weighted by Gasteiger charge is -2.23. The van der Waals surface area contributed by atoms with E-state index in [9.17, 15) is 4.79 Å². The van der Waals surface area contributed by atoms with E-state index in [1.807, 2.05) is 35.7 Å². The number of carbonyl (C=O) groups excluding carboxylic acids is 1. The smallest absolute Gasteiger partial charge is 0.223 e. The van der Waals surface area contributed by atoms with Gasteiger partial charge in [0.15, 0.2) is 11.5 Å². The zero-order valence-electron chi connectivity index (χ0n) is 12.8. The maximum atomic E-state index is 12.1. The number of ether oxygens (including phenoxy) is 1. The van der Waals surface area contributed by atoms with Crippen molar-refractivity contribution < 1.29 is 9.53 Å². The summed E-state index contributed by atoms with van der Waals surface area (Å²) in [5, 5.41) is 14.4. The van der Waals surface area contributed by atoms with Gasteiger partial charge in [-0.15, -0.1) is 35.0 Å². The molecule has 2 aromatic rings. The van der Waals surface area contributed by atoms with Crippen LogP contribution in [0, 0.1) is 0 Å². The van der Waals surface area contributed by atoms with Crippen molar-refractivity contribution in [2.45, 2.75) is 25.5 Å². The molecule has 7 nitrogen and oxygen atoms in total. The van der Waals surface area contributed by atoms with Crippen molar-refractivity contribution in [2.24, 2.45) is 0 Å². The highest BCUT2D eigenvalue weighted by Crippen LogP contribution is 2.12. The Bertz CT molecular complexity index is 630. The molecule has 3 heterocycles. The first-order valence-electron chi connectivity index (χ1n) is 7.15. The predicted octanol–water partition coefficient (Wildman–Crippen LogP) is 1.13. The van der Waals surface area contributed by atoms with Crippen LogP contribution in [0.5, 0.6) is 0 Å². The minimum absolute atomic E-state index is 0. The molecule has 0 bridgehead atoms. The predicted molar refractivity (Wildman–Crippen MR) is 91.3 cm³/mol. The molecule has 2 atom stereocenters. The fourth-order valence-electron chi connectivity index (χ4n) is 2.48. The van der Waals surface area contributed by atoms with E-state index in [0.717, 1.165) is 24.6 Å². The highest BCUT2D eigenvalue weighted by molar-refractivity contribution is 5.85. The van der Waals surface area contributed by atoms with Crippen LogP contribution in [0.3, 0.4) is 0 Å². The molecule has 9 heteroatoms. The molecule has 1 aliphatic heterocycles. The number of amides is 1. The standard InChI is InChI=1S/C14H19N5O2.2ClH/c1-10(14-18-17-12-4-2-3-6-19(12)14)16-13(20)8-11-9-15-5-7-21-11;;/h2-4,6,10-11,15H,5,7-9H2,1H3,(H,16,20);2*1H. The summed E-state index contributed by atoms with van der Waals surface area (Å²) in [5.41, 5.74) is 0.772. The Labute approximate surface area is 147 Å². The lowest BCUT2D eigenvalue weighted by atomic mass is 10.2. The number of halogens is 2. The number of nitrogens with one attached hydrogen (secondary N) is 2. The first kappa shape index (κ1) is 19.6. The normalized spacial score (nSPS) is 18.6. The lowest BCUT2D eigenvalue weighted by Crippen LogP contribution is -2.41. The number of fused-ring (bicyclic) bond motifs is 1. The van der Waals surface area contributed by atoms with E-state index < -0.39 is 0 Å². The average molecular weight is 362 g/mol. The number of aromatic nitrogens is 3. The SMILES string of the molecule is CC(NC(=O)CC1CNCCO1)c1nnc2ccccn12.Cl.Cl. The molecule has 0 aliphatic carbocycles. The summed E-state index contributed by atoms with van der Waals surface area (Å²) in [7, 11) is 0. The van der Waals surface area contributed by atoms with Crippen molar-refractivity contribution in [2.75, 3.05) is 19.7 Å². The van der Waals surface area contributed by atoms with Gasteiger partial charge in [-0.2, -0.15) is 0 Å². The monoisotopic (exact) mass is 361 g/mol. The second-order valence-corrected chi connectivity index (χ2v) is 5.18. The Hall–Kier alpha value is -1.41. The fraction of sp³-hybridized carbons (Fsp3) is 0.500.